The molecule has 7 heteroatoms. The van der Waals surface area contributed by atoms with E-state index in [9.17, 15) is 8.42 Å². The lowest BCUT2D eigenvalue weighted by Crippen LogP contribution is -2.33. The summed E-state index contributed by atoms with van der Waals surface area (Å²) in [7, 11) is -2.10. The number of ether oxygens (including phenoxy) is 1. The monoisotopic (exact) mass is 292 g/mol. The summed E-state index contributed by atoms with van der Waals surface area (Å²) in [5.41, 5.74) is 5.92. The SMILES string of the molecule is COCCC(C)NS(=O)(=O)c1cc(N)ccc1Cl. The van der Waals surface area contributed by atoms with E-state index in [1.54, 1.807) is 20.1 Å². The molecule has 1 unspecified atom stereocenters. The average Bonchev–Trinajstić information content (AvgIpc) is 2.29. The fourth-order valence-electron chi connectivity index (χ4n) is 1.41. The third-order valence-corrected chi connectivity index (χ3v) is 4.43. The van der Waals surface area contributed by atoms with Crippen LogP contribution in [0.15, 0.2) is 23.1 Å². The normalized spacial score (nSPS) is 13.5. The highest BCUT2D eigenvalue weighted by molar-refractivity contribution is 7.89. The predicted octanol–water partition coefficient (Wildman–Crippen LogP) is 1.63. The van der Waals surface area contributed by atoms with Crippen molar-refractivity contribution < 1.29 is 13.2 Å². The molecule has 1 rings (SSSR count). The van der Waals surface area contributed by atoms with E-state index in [0.29, 0.717) is 18.7 Å². The molecule has 0 aliphatic rings. The maximum atomic E-state index is 12.1. The van der Waals surface area contributed by atoms with Crippen LogP contribution in [0.25, 0.3) is 0 Å². The highest BCUT2D eigenvalue weighted by atomic mass is 35.5. The molecule has 0 radical (unpaired) electrons. The second kappa shape index (κ2) is 6.38. The van der Waals surface area contributed by atoms with Gasteiger partial charge in [0.2, 0.25) is 10.0 Å². The molecular formula is C11H17ClN2O3S. The van der Waals surface area contributed by atoms with Gasteiger partial charge in [-0.05, 0) is 31.5 Å². The lowest BCUT2D eigenvalue weighted by molar-refractivity contribution is 0.188. The Balaban J connectivity index is 2.89. The van der Waals surface area contributed by atoms with Crippen LogP contribution in [-0.4, -0.2) is 28.2 Å². The van der Waals surface area contributed by atoms with Crippen molar-refractivity contribution in [2.24, 2.45) is 0 Å². The van der Waals surface area contributed by atoms with Crippen LogP contribution in [0.4, 0.5) is 5.69 Å². The third-order valence-electron chi connectivity index (χ3n) is 2.36. The van der Waals surface area contributed by atoms with Gasteiger partial charge < -0.3 is 10.5 Å². The molecule has 0 aromatic heterocycles. The first kappa shape index (κ1) is 15.2. The van der Waals surface area contributed by atoms with Crippen molar-refractivity contribution >= 4 is 27.3 Å². The molecule has 0 heterocycles. The quantitative estimate of drug-likeness (QED) is 0.781. The molecule has 1 atom stereocenters. The average molecular weight is 293 g/mol. The Morgan fingerprint density at radius 3 is 2.78 bits per heavy atom. The fourth-order valence-corrected chi connectivity index (χ4v) is 3.22. The van der Waals surface area contributed by atoms with Crippen LogP contribution in [-0.2, 0) is 14.8 Å². The standard InChI is InChI=1S/C11H17ClN2O3S/c1-8(5-6-17-2)14-18(15,16)11-7-9(13)3-4-10(11)12/h3-4,7-8,14H,5-6,13H2,1-2H3. The van der Waals surface area contributed by atoms with Crippen molar-refractivity contribution in [2.45, 2.75) is 24.3 Å². The van der Waals surface area contributed by atoms with Crippen molar-refractivity contribution in [3.8, 4) is 0 Å². The minimum atomic E-state index is -3.66. The van der Waals surface area contributed by atoms with Gasteiger partial charge in [-0.15, -0.1) is 0 Å². The van der Waals surface area contributed by atoms with Gasteiger partial charge in [0.25, 0.3) is 0 Å². The zero-order valence-electron chi connectivity index (χ0n) is 10.3. The molecule has 0 saturated carbocycles. The van der Waals surface area contributed by atoms with Gasteiger partial charge in [-0.3, -0.25) is 0 Å². The van der Waals surface area contributed by atoms with Gasteiger partial charge in [-0.2, -0.15) is 0 Å². The van der Waals surface area contributed by atoms with Crippen LogP contribution in [0.2, 0.25) is 5.02 Å². The number of benzene rings is 1. The Morgan fingerprint density at radius 1 is 1.50 bits per heavy atom. The van der Waals surface area contributed by atoms with E-state index in [4.69, 9.17) is 22.1 Å². The number of rotatable bonds is 6. The Bertz CT molecular complexity index is 505. The summed E-state index contributed by atoms with van der Waals surface area (Å²) in [5.74, 6) is 0. The smallest absolute Gasteiger partial charge is 0.242 e. The third kappa shape index (κ3) is 4.13. The molecule has 0 bridgehead atoms. The zero-order valence-corrected chi connectivity index (χ0v) is 11.9. The number of halogens is 1. The topological polar surface area (TPSA) is 81.4 Å². The minimum Gasteiger partial charge on any atom is -0.399 e. The van der Waals surface area contributed by atoms with E-state index in [-0.39, 0.29) is 16.0 Å². The van der Waals surface area contributed by atoms with E-state index in [0.717, 1.165) is 0 Å². The molecule has 0 spiro atoms. The van der Waals surface area contributed by atoms with Crippen LogP contribution in [0.1, 0.15) is 13.3 Å². The van der Waals surface area contributed by atoms with Gasteiger partial charge in [0.1, 0.15) is 4.90 Å². The Labute approximate surface area is 112 Å². The zero-order chi connectivity index (χ0) is 13.8. The summed E-state index contributed by atoms with van der Waals surface area (Å²) >= 11 is 5.87. The van der Waals surface area contributed by atoms with Crippen molar-refractivity contribution in [1.29, 1.82) is 0 Å². The molecule has 18 heavy (non-hydrogen) atoms. The molecule has 0 fully saturated rings. The minimum absolute atomic E-state index is 0.00608. The number of nitrogens with one attached hydrogen (secondary N) is 1. The van der Waals surface area contributed by atoms with Crippen molar-refractivity contribution in [1.82, 2.24) is 4.72 Å². The second-order valence-electron chi connectivity index (χ2n) is 3.99. The molecule has 0 amide bonds. The number of nitrogens with two attached hydrogens (primary N) is 1. The van der Waals surface area contributed by atoms with Crippen molar-refractivity contribution in [3.05, 3.63) is 23.2 Å². The summed E-state index contributed by atoms with van der Waals surface area (Å²) in [5, 5.41) is 0.149. The summed E-state index contributed by atoms with van der Waals surface area (Å²) in [6.45, 7) is 2.24. The van der Waals surface area contributed by atoms with Crippen molar-refractivity contribution in [3.63, 3.8) is 0 Å². The maximum absolute atomic E-state index is 12.1. The fraction of sp³-hybridized carbons (Fsp3) is 0.455. The molecule has 102 valence electrons. The number of hydrogen-bond donors (Lipinski definition) is 2. The van der Waals surface area contributed by atoms with Gasteiger partial charge in [0.05, 0.1) is 5.02 Å². The second-order valence-corrected chi connectivity index (χ2v) is 6.08. The summed E-state index contributed by atoms with van der Waals surface area (Å²) in [6, 6.07) is 4.11. The number of anilines is 1. The van der Waals surface area contributed by atoms with Gasteiger partial charge in [0.15, 0.2) is 0 Å². The van der Waals surface area contributed by atoms with E-state index >= 15 is 0 Å². The summed E-state index contributed by atoms with van der Waals surface area (Å²) in [4.78, 5) is -0.00608. The molecule has 1 aromatic carbocycles. The molecular weight excluding hydrogens is 276 g/mol. The first-order valence-electron chi connectivity index (χ1n) is 5.43. The first-order chi connectivity index (χ1) is 8.36. The van der Waals surface area contributed by atoms with Crippen molar-refractivity contribution in [2.75, 3.05) is 19.5 Å². The Morgan fingerprint density at radius 2 is 2.17 bits per heavy atom. The highest BCUT2D eigenvalue weighted by Crippen LogP contribution is 2.23. The predicted molar refractivity (Wildman–Crippen MR) is 72.1 cm³/mol. The molecule has 5 nitrogen and oxygen atoms in total. The lowest BCUT2D eigenvalue weighted by Gasteiger charge is -2.14. The summed E-state index contributed by atoms with van der Waals surface area (Å²) < 4.78 is 31.6. The van der Waals surface area contributed by atoms with Crippen LogP contribution in [0.5, 0.6) is 0 Å². The largest absolute Gasteiger partial charge is 0.399 e. The number of hydrogen-bond acceptors (Lipinski definition) is 4. The van der Waals surface area contributed by atoms with Gasteiger partial charge >= 0.3 is 0 Å². The molecule has 0 saturated heterocycles. The molecule has 3 N–H and O–H groups in total. The van der Waals surface area contributed by atoms with E-state index in [1.165, 1.54) is 12.1 Å². The number of methoxy groups -OCH3 is 1. The van der Waals surface area contributed by atoms with Crippen LogP contribution in [0, 0.1) is 0 Å². The Kier molecular flexibility index (Phi) is 5.40. The lowest BCUT2D eigenvalue weighted by atomic mass is 10.3. The van der Waals surface area contributed by atoms with Gasteiger partial charge in [-0.1, -0.05) is 11.6 Å². The van der Waals surface area contributed by atoms with Gasteiger partial charge in [0, 0.05) is 25.4 Å². The summed E-state index contributed by atoms with van der Waals surface area (Å²) in [6.07, 6.45) is 0.579. The maximum Gasteiger partial charge on any atom is 0.242 e. The number of sulfonamides is 1. The molecule has 0 aliphatic carbocycles. The van der Waals surface area contributed by atoms with E-state index in [2.05, 4.69) is 4.72 Å². The van der Waals surface area contributed by atoms with Crippen LogP contribution < -0.4 is 10.5 Å². The Hall–Kier alpha value is -0.820. The molecule has 1 aromatic rings. The van der Waals surface area contributed by atoms with E-state index < -0.39 is 10.0 Å². The van der Waals surface area contributed by atoms with Gasteiger partial charge in [-0.25, -0.2) is 13.1 Å². The highest BCUT2D eigenvalue weighted by Gasteiger charge is 2.20. The van der Waals surface area contributed by atoms with Crippen LogP contribution >= 0.6 is 11.6 Å². The number of nitrogen functional groups attached to an aromatic ring is 1. The van der Waals surface area contributed by atoms with E-state index in [1.807, 2.05) is 0 Å². The van der Waals surface area contributed by atoms with Crippen LogP contribution in [0.3, 0.4) is 0 Å². The first-order valence-corrected chi connectivity index (χ1v) is 7.29. The molecule has 0 aliphatic heterocycles.